The average molecular weight is 637 g/mol. The number of rotatable bonds is 6. The number of benzene rings is 5. The topological polar surface area (TPSA) is 62.5 Å². The molecule has 0 aliphatic heterocycles. The first kappa shape index (κ1) is 30.9. The molecule has 2 fully saturated rings. The Balaban J connectivity index is 1.19. The Kier molecular flexibility index (Phi) is 8.14. The summed E-state index contributed by atoms with van der Waals surface area (Å²) in [4.78, 5) is 15.2. The van der Waals surface area contributed by atoms with E-state index < -0.39 is 0 Å². The van der Waals surface area contributed by atoms with Crippen LogP contribution >= 0.6 is 0 Å². The van der Waals surface area contributed by atoms with Crippen LogP contribution in [0.25, 0.3) is 56.4 Å². The van der Waals surface area contributed by atoms with Crippen LogP contribution < -0.4 is 0 Å². The number of aromatic nitrogens is 3. The van der Waals surface area contributed by atoms with E-state index in [4.69, 9.17) is 15.0 Å². The van der Waals surface area contributed by atoms with Crippen molar-refractivity contribution in [3.05, 3.63) is 139 Å². The van der Waals surface area contributed by atoms with Gasteiger partial charge in [0.05, 0.1) is 11.6 Å². The van der Waals surface area contributed by atoms with Gasteiger partial charge in [-0.3, -0.25) is 0 Å². The van der Waals surface area contributed by atoms with Crippen molar-refractivity contribution < 1.29 is 0 Å². The average Bonchev–Trinajstić information content (AvgIpc) is 3.14. The van der Waals surface area contributed by atoms with E-state index in [0.717, 1.165) is 56.7 Å². The molecule has 2 bridgehead atoms. The Morgan fingerprint density at radius 2 is 1.04 bits per heavy atom. The molecule has 0 N–H and O–H groups in total. The summed E-state index contributed by atoms with van der Waals surface area (Å²) in [5, 5.41) is 9.52. The summed E-state index contributed by atoms with van der Waals surface area (Å²) in [6, 6.07) is 46.1. The molecular weight excluding hydrogens is 597 g/mol. The minimum atomic E-state index is 0.282. The molecule has 2 aliphatic rings. The second kappa shape index (κ2) is 12.9. The number of hydrogen-bond donors (Lipinski definition) is 0. The van der Waals surface area contributed by atoms with Crippen LogP contribution in [-0.2, 0) is 5.41 Å². The van der Waals surface area contributed by atoms with Gasteiger partial charge in [0.15, 0.2) is 17.5 Å². The van der Waals surface area contributed by atoms with Crippen molar-refractivity contribution in [1.29, 1.82) is 5.26 Å². The molecule has 5 aromatic carbocycles. The van der Waals surface area contributed by atoms with Crippen LogP contribution in [0.3, 0.4) is 0 Å². The van der Waals surface area contributed by atoms with Gasteiger partial charge in [-0.25, -0.2) is 15.0 Å². The highest BCUT2D eigenvalue weighted by Crippen LogP contribution is 2.54. The molecule has 0 radical (unpaired) electrons. The molecule has 2 aliphatic carbocycles. The predicted molar refractivity (Wildman–Crippen MR) is 198 cm³/mol. The zero-order chi connectivity index (χ0) is 33.4. The summed E-state index contributed by atoms with van der Waals surface area (Å²) >= 11 is 0. The molecule has 240 valence electrons. The van der Waals surface area contributed by atoms with Gasteiger partial charge in [0.25, 0.3) is 0 Å². The molecule has 4 atom stereocenters. The van der Waals surface area contributed by atoms with Gasteiger partial charge in [0.2, 0.25) is 0 Å². The van der Waals surface area contributed by atoms with E-state index in [1.807, 2.05) is 42.5 Å². The molecule has 4 nitrogen and oxygen atoms in total. The summed E-state index contributed by atoms with van der Waals surface area (Å²) in [5.74, 6) is 4.37. The van der Waals surface area contributed by atoms with Crippen molar-refractivity contribution in [1.82, 2.24) is 15.0 Å². The van der Waals surface area contributed by atoms with Gasteiger partial charge in [-0.2, -0.15) is 5.26 Å². The van der Waals surface area contributed by atoms with Gasteiger partial charge in [-0.1, -0.05) is 123 Å². The Morgan fingerprint density at radius 1 is 0.531 bits per heavy atom. The molecular formula is C45H40N4. The quantitative estimate of drug-likeness (QED) is 0.182. The number of hydrogen-bond acceptors (Lipinski definition) is 4. The van der Waals surface area contributed by atoms with Crippen LogP contribution in [0.5, 0.6) is 0 Å². The summed E-state index contributed by atoms with van der Waals surface area (Å²) in [5.41, 5.74) is 9.52. The first-order valence-corrected chi connectivity index (χ1v) is 17.6. The fourth-order valence-electron chi connectivity index (χ4n) is 8.95. The SMILES string of the molecule is C[C@@H]1CC2C[C@H](C)CC(c3ccc(-c4nc(-c5ccccc5)nc(-c5cccc(-c6ccccc6-c6cccc(C#N)c6)c5)n4)cc3)(C2)C1. The lowest BCUT2D eigenvalue weighted by Crippen LogP contribution is -2.42. The normalized spacial score (nSPS) is 21.5. The van der Waals surface area contributed by atoms with Crippen molar-refractivity contribution in [2.75, 3.05) is 0 Å². The summed E-state index contributed by atoms with van der Waals surface area (Å²) < 4.78 is 0. The molecule has 0 amide bonds. The van der Waals surface area contributed by atoms with Gasteiger partial charge in [-0.15, -0.1) is 0 Å². The highest BCUT2D eigenvalue weighted by atomic mass is 15.0. The minimum absolute atomic E-state index is 0.282. The molecule has 49 heavy (non-hydrogen) atoms. The lowest BCUT2D eigenvalue weighted by atomic mass is 9.54. The van der Waals surface area contributed by atoms with E-state index in [9.17, 15) is 5.26 Å². The van der Waals surface area contributed by atoms with Crippen LogP contribution in [0.4, 0.5) is 0 Å². The van der Waals surface area contributed by atoms with Crippen LogP contribution in [-0.4, -0.2) is 15.0 Å². The van der Waals surface area contributed by atoms with Gasteiger partial charge < -0.3 is 0 Å². The van der Waals surface area contributed by atoms with Crippen LogP contribution in [0.2, 0.25) is 0 Å². The van der Waals surface area contributed by atoms with E-state index >= 15 is 0 Å². The highest BCUT2D eigenvalue weighted by Gasteiger charge is 2.45. The Bertz CT molecular complexity index is 2140. The molecule has 1 aromatic heterocycles. The number of fused-ring (bicyclic) bond motifs is 2. The maximum atomic E-state index is 9.52. The maximum Gasteiger partial charge on any atom is 0.164 e. The minimum Gasteiger partial charge on any atom is -0.208 e. The van der Waals surface area contributed by atoms with E-state index in [1.54, 1.807) is 0 Å². The van der Waals surface area contributed by atoms with E-state index in [0.29, 0.717) is 23.0 Å². The third-order valence-corrected chi connectivity index (χ3v) is 10.7. The van der Waals surface area contributed by atoms with E-state index in [1.165, 1.54) is 37.7 Å². The molecule has 4 heteroatoms. The largest absolute Gasteiger partial charge is 0.208 e. The smallest absolute Gasteiger partial charge is 0.164 e. The second-order valence-electron chi connectivity index (χ2n) is 14.5. The molecule has 0 spiro atoms. The fourth-order valence-corrected chi connectivity index (χ4v) is 8.95. The summed E-state index contributed by atoms with van der Waals surface area (Å²) in [7, 11) is 0. The first-order chi connectivity index (χ1) is 24.0. The predicted octanol–water partition coefficient (Wildman–Crippen LogP) is 11.2. The fraction of sp³-hybridized carbons (Fsp3) is 0.244. The zero-order valence-electron chi connectivity index (χ0n) is 28.2. The second-order valence-corrected chi connectivity index (χ2v) is 14.5. The summed E-state index contributed by atoms with van der Waals surface area (Å²) in [6.45, 7) is 4.89. The van der Waals surface area contributed by atoms with Gasteiger partial charge >= 0.3 is 0 Å². The third-order valence-electron chi connectivity index (χ3n) is 10.7. The summed E-state index contributed by atoms with van der Waals surface area (Å²) in [6.07, 6.45) is 6.63. The van der Waals surface area contributed by atoms with Crippen LogP contribution in [0.15, 0.2) is 127 Å². The molecule has 8 rings (SSSR count). The monoisotopic (exact) mass is 636 g/mol. The van der Waals surface area contributed by atoms with Gasteiger partial charge in [0.1, 0.15) is 0 Å². The van der Waals surface area contributed by atoms with Crippen molar-refractivity contribution in [2.45, 2.75) is 51.4 Å². The number of nitrogens with zero attached hydrogens (tertiary/aromatic N) is 4. The molecule has 0 saturated heterocycles. The standard InChI is InChI=1S/C45H40N4/c1-30-22-33-23-31(2)27-45(26-30,28-33)39-20-18-35(19-21-39)43-47-42(34-11-4-3-5-12-34)48-44(49-43)38-15-9-14-37(25-38)41-17-7-6-16-40(41)36-13-8-10-32(24-36)29-46/h3-21,24-25,30-31,33H,22-23,26-28H2,1-2H3/t30-,31+,33?,45?. The van der Waals surface area contributed by atoms with Crippen LogP contribution in [0, 0.1) is 29.1 Å². The van der Waals surface area contributed by atoms with Crippen molar-refractivity contribution in [2.24, 2.45) is 17.8 Å². The Morgan fingerprint density at radius 3 is 1.67 bits per heavy atom. The van der Waals surface area contributed by atoms with Gasteiger partial charge in [-0.05, 0) is 101 Å². The van der Waals surface area contributed by atoms with Crippen molar-refractivity contribution in [3.8, 4) is 62.5 Å². The Hall–Kier alpha value is -5.40. The van der Waals surface area contributed by atoms with Crippen LogP contribution in [0.1, 0.15) is 57.1 Å². The lowest BCUT2D eigenvalue weighted by molar-refractivity contribution is 0.0780. The highest BCUT2D eigenvalue weighted by molar-refractivity contribution is 5.85. The third kappa shape index (κ3) is 6.18. The molecule has 1 heterocycles. The lowest BCUT2D eigenvalue weighted by Gasteiger charge is -2.50. The van der Waals surface area contributed by atoms with Gasteiger partial charge in [0, 0.05) is 16.7 Å². The zero-order valence-corrected chi connectivity index (χ0v) is 28.2. The molecule has 2 unspecified atom stereocenters. The first-order valence-electron chi connectivity index (χ1n) is 17.6. The molecule has 6 aromatic rings. The van der Waals surface area contributed by atoms with Crippen molar-refractivity contribution >= 4 is 0 Å². The van der Waals surface area contributed by atoms with E-state index in [2.05, 4.69) is 105 Å². The Labute approximate surface area is 289 Å². The van der Waals surface area contributed by atoms with Crippen molar-refractivity contribution in [3.63, 3.8) is 0 Å². The van der Waals surface area contributed by atoms with E-state index in [-0.39, 0.29) is 5.41 Å². The molecule has 2 saturated carbocycles. The number of nitriles is 1. The maximum absolute atomic E-state index is 9.52.